The van der Waals surface area contributed by atoms with Crippen molar-refractivity contribution in [2.24, 2.45) is 0 Å². The predicted molar refractivity (Wildman–Crippen MR) is 176 cm³/mol. The number of piperazine rings is 1. The summed E-state index contributed by atoms with van der Waals surface area (Å²) in [7, 11) is -0.942. The predicted octanol–water partition coefficient (Wildman–Crippen LogP) is 4.20. The lowest BCUT2D eigenvalue weighted by atomic mass is 9.81. The number of rotatable bonds is 8. The van der Waals surface area contributed by atoms with Crippen molar-refractivity contribution in [1.29, 1.82) is 0 Å². The van der Waals surface area contributed by atoms with Crippen LogP contribution in [-0.2, 0) is 14.8 Å². The van der Waals surface area contributed by atoms with Crippen LogP contribution < -0.4 is 29.5 Å². The second-order valence-electron chi connectivity index (χ2n) is 11.5. The number of pyridine rings is 1. The summed E-state index contributed by atoms with van der Waals surface area (Å²) in [5, 5.41) is 16.8. The minimum atomic E-state index is -5.06. The maximum atomic E-state index is 15.3. The summed E-state index contributed by atoms with van der Waals surface area (Å²) in [5.74, 6) is -1.44. The van der Waals surface area contributed by atoms with Crippen molar-refractivity contribution in [2.75, 3.05) is 38.1 Å². The van der Waals surface area contributed by atoms with E-state index in [0.29, 0.717) is 28.3 Å². The third kappa shape index (κ3) is 5.09. The van der Waals surface area contributed by atoms with Crippen molar-refractivity contribution < 1.29 is 41.2 Å². The lowest BCUT2D eigenvalue weighted by molar-refractivity contribution is -0.792. The van der Waals surface area contributed by atoms with Crippen molar-refractivity contribution >= 4 is 45.0 Å². The first-order chi connectivity index (χ1) is 23.0. The Bertz CT molecular complexity index is 2000. The van der Waals surface area contributed by atoms with E-state index in [1.165, 1.54) is 39.5 Å². The molecule has 0 radical (unpaired) electrons. The van der Waals surface area contributed by atoms with Gasteiger partial charge in [0.2, 0.25) is 5.91 Å². The number of quaternary nitrogens is 1. The number of methoxy groups -OCH3 is 3. The second-order valence-corrected chi connectivity index (χ2v) is 14.1. The lowest BCUT2D eigenvalue weighted by Gasteiger charge is -2.55. The zero-order valence-corrected chi connectivity index (χ0v) is 28.1. The summed E-state index contributed by atoms with van der Waals surface area (Å²) in [6.45, 7) is 1.13. The molecule has 0 saturated carbocycles. The van der Waals surface area contributed by atoms with E-state index in [1.54, 1.807) is 71.9 Å². The van der Waals surface area contributed by atoms with E-state index in [0.717, 1.165) is 5.56 Å². The molecular formula is C34H33ClN4O8S. The summed E-state index contributed by atoms with van der Waals surface area (Å²) in [5.41, 5.74) is 1.37. The molecule has 12 nitrogen and oxygen atoms in total. The maximum Gasteiger partial charge on any atom is 0.337 e. The normalized spacial score (nSPS) is 23.6. The van der Waals surface area contributed by atoms with Crippen molar-refractivity contribution in [3.05, 3.63) is 102 Å². The van der Waals surface area contributed by atoms with Crippen molar-refractivity contribution in [3.63, 3.8) is 0 Å². The molecule has 2 aliphatic heterocycles. The second kappa shape index (κ2) is 12.6. The Kier molecular flexibility index (Phi) is 8.71. The number of nitrogens with zero attached hydrogens (tertiary/aromatic N) is 3. The highest BCUT2D eigenvalue weighted by Crippen LogP contribution is 2.54. The number of aromatic nitrogens is 1. The molecule has 5 atom stereocenters. The minimum absolute atomic E-state index is 0.157. The van der Waals surface area contributed by atoms with Gasteiger partial charge in [-0.25, -0.2) is 0 Å². The first-order valence-electron chi connectivity index (χ1n) is 14.9. The van der Waals surface area contributed by atoms with Crippen LogP contribution in [-0.4, -0.2) is 68.7 Å². The van der Waals surface area contributed by atoms with Crippen LogP contribution in [0.3, 0.4) is 0 Å². The van der Waals surface area contributed by atoms with E-state index in [1.807, 2.05) is 6.92 Å². The van der Waals surface area contributed by atoms with Crippen LogP contribution in [0.25, 0.3) is 0 Å². The summed E-state index contributed by atoms with van der Waals surface area (Å²) < 4.78 is 45.3. The molecule has 6 rings (SSSR count). The van der Waals surface area contributed by atoms with Gasteiger partial charge in [-0.2, -0.15) is 12.3 Å². The number of fused-ring (bicyclic) bond motifs is 1. The van der Waals surface area contributed by atoms with E-state index < -0.39 is 60.9 Å². The van der Waals surface area contributed by atoms with Gasteiger partial charge >= 0.3 is 10.0 Å². The molecule has 1 saturated heterocycles. The number of carboxylic acid groups (broad SMARTS) is 1. The molecule has 5 unspecified atom stereocenters. The molecule has 3 heterocycles. The van der Waals surface area contributed by atoms with Crippen LogP contribution in [0.1, 0.15) is 28.7 Å². The topological polar surface area (TPSA) is 147 Å². The number of para-hydroxylation sites is 1. The number of sulfonamides is 1. The summed E-state index contributed by atoms with van der Waals surface area (Å²) >= 11 is 7.17. The van der Waals surface area contributed by atoms with Crippen molar-refractivity contribution in [3.8, 4) is 17.2 Å². The molecule has 0 aliphatic carbocycles. The zero-order chi connectivity index (χ0) is 34.4. The smallest absolute Gasteiger partial charge is 0.337 e. The van der Waals surface area contributed by atoms with Crippen LogP contribution >= 0.6 is 11.6 Å². The van der Waals surface area contributed by atoms with E-state index in [4.69, 9.17) is 25.8 Å². The van der Waals surface area contributed by atoms with Gasteiger partial charge in [0.1, 0.15) is 35.8 Å². The fourth-order valence-corrected chi connectivity index (χ4v) is 9.58. The fourth-order valence-electron chi connectivity index (χ4n) is 6.96. The van der Waals surface area contributed by atoms with E-state index >= 15 is 8.42 Å². The van der Waals surface area contributed by atoms with Gasteiger partial charge in [0, 0.05) is 35.4 Å². The van der Waals surface area contributed by atoms with Gasteiger partial charge in [-0.05, 0) is 54.4 Å². The Morgan fingerprint density at radius 2 is 1.67 bits per heavy atom. The fraction of sp³-hybridized carbons (Fsp3) is 0.265. The number of carbonyl (C=O) groups excluding carboxylic acids is 2. The maximum absolute atomic E-state index is 15.3. The van der Waals surface area contributed by atoms with Crippen molar-refractivity contribution in [1.82, 2.24) is 4.98 Å². The number of alkyl halides is 1. The molecule has 4 aromatic rings. The minimum Gasteiger partial charge on any atom is -0.497 e. The molecule has 1 fully saturated rings. The quantitative estimate of drug-likeness (QED) is 0.162. The van der Waals surface area contributed by atoms with Gasteiger partial charge in [-0.15, -0.1) is 0 Å². The highest BCUT2D eigenvalue weighted by atomic mass is 35.5. The molecule has 48 heavy (non-hydrogen) atoms. The van der Waals surface area contributed by atoms with Gasteiger partial charge in [0.25, 0.3) is 6.09 Å². The Morgan fingerprint density at radius 1 is 0.958 bits per heavy atom. The molecule has 1 N–H and O–H groups in total. The summed E-state index contributed by atoms with van der Waals surface area (Å²) in [6.07, 6.45) is 1.12. The van der Waals surface area contributed by atoms with Gasteiger partial charge < -0.3 is 34.3 Å². The Hall–Kier alpha value is -4.85. The van der Waals surface area contributed by atoms with Crippen molar-refractivity contribution in [2.45, 2.75) is 35.3 Å². The van der Waals surface area contributed by atoms with Gasteiger partial charge in [0.05, 0.1) is 21.3 Å². The average molecular weight is 693 g/mol. The lowest BCUT2D eigenvalue weighted by Crippen LogP contribution is -2.76. The number of hydrogen-bond acceptors (Lipinski definition) is 10. The van der Waals surface area contributed by atoms with Gasteiger partial charge in [0.15, 0.2) is 16.4 Å². The van der Waals surface area contributed by atoms with Gasteiger partial charge in [-0.3, -0.25) is 9.78 Å². The molecule has 14 heteroatoms. The molecule has 2 aliphatic rings. The van der Waals surface area contributed by atoms with Crippen LogP contribution in [0, 0.1) is 6.92 Å². The number of anilines is 2. The Morgan fingerprint density at radius 3 is 2.33 bits per heavy atom. The largest absolute Gasteiger partial charge is 0.497 e. The number of halogens is 1. The zero-order valence-electron chi connectivity index (χ0n) is 26.5. The number of benzene rings is 3. The van der Waals surface area contributed by atoms with Crippen LogP contribution in [0.15, 0.2) is 90.1 Å². The van der Waals surface area contributed by atoms with Crippen LogP contribution in [0.4, 0.5) is 16.2 Å². The third-order valence-corrected chi connectivity index (χ3v) is 11.7. The summed E-state index contributed by atoms with van der Waals surface area (Å²) in [4.78, 5) is 33.6. The first kappa shape index (κ1) is 33.1. The molecule has 0 spiro atoms. The number of nitrogens with one attached hydrogen (secondary N) is 1. The van der Waals surface area contributed by atoms with E-state index in [-0.39, 0.29) is 11.5 Å². The SMILES string of the molecule is COc1ccc(S(=O)(=O)[N+]2(C(=O)[O-])CC(Cl)N(c3ccncc3)C(c3ccccc3OC)C2C2C(=O)Nc3cc(C)ccc32)c(OC)c1. The molecule has 1 aromatic heterocycles. The van der Waals surface area contributed by atoms with E-state index in [9.17, 15) is 14.7 Å². The highest BCUT2D eigenvalue weighted by Gasteiger charge is 2.66. The molecule has 2 amide bonds. The third-order valence-electron chi connectivity index (χ3n) is 9.06. The molecule has 250 valence electrons. The number of hydrogen-bond donors (Lipinski definition) is 1. The molecule has 0 bridgehead atoms. The standard InChI is InChI=1S/C34H33ClN4O8S/c1-20-9-11-23-25(17-20)37-33(40)30(23)32-31(24-7-5-6-8-26(24)46-3)38(21-13-15-36-16-14-21)29(35)19-39(32,34(41)42)48(43,44)28-12-10-22(45-2)18-27(28)47-4/h5-18,29-32H,19H2,1-4H3,(H-,37,40,41,42). The van der Waals surface area contributed by atoms with Crippen LogP contribution in [0.5, 0.6) is 17.2 Å². The number of aryl methyl sites for hydroxylation is 1. The number of amides is 2. The van der Waals surface area contributed by atoms with E-state index in [2.05, 4.69) is 10.3 Å². The Balaban J connectivity index is 1.75. The number of ether oxygens (including phenoxy) is 3. The highest BCUT2D eigenvalue weighted by molar-refractivity contribution is 7.86. The average Bonchev–Trinajstić information content (AvgIpc) is 3.41. The molecular weight excluding hydrogens is 660 g/mol. The van der Waals surface area contributed by atoms with Crippen LogP contribution in [0.2, 0.25) is 0 Å². The monoisotopic (exact) mass is 692 g/mol. The van der Waals surface area contributed by atoms with Gasteiger partial charge in [-0.1, -0.05) is 41.9 Å². The first-order valence-corrected chi connectivity index (χ1v) is 16.8. The Labute approximate surface area is 283 Å². The number of carbonyl (C=O) groups is 2. The summed E-state index contributed by atoms with van der Waals surface area (Å²) in [6, 6.07) is 16.6. The molecule has 3 aromatic carbocycles.